The first-order valence-electron chi connectivity index (χ1n) is 12.0. The van der Waals surface area contributed by atoms with Crippen molar-refractivity contribution in [1.82, 2.24) is 5.64 Å². The highest BCUT2D eigenvalue weighted by molar-refractivity contribution is 7.46. The van der Waals surface area contributed by atoms with Crippen LogP contribution in [0.25, 0.3) is 0 Å². The lowest BCUT2D eigenvalue weighted by Gasteiger charge is -2.04. The Morgan fingerprint density at radius 3 is 1.70 bits per heavy atom. The van der Waals surface area contributed by atoms with Crippen molar-refractivity contribution in [2.24, 2.45) is 0 Å². The van der Waals surface area contributed by atoms with Crippen molar-refractivity contribution in [2.45, 2.75) is 96.8 Å². The summed E-state index contributed by atoms with van der Waals surface area (Å²) < 4.78 is 14.4. The molecule has 11 heteroatoms. The summed E-state index contributed by atoms with van der Waals surface area (Å²) in [4.78, 5) is 36.9. The molecule has 0 bridgehead atoms. The third kappa shape index (κ3) is 35.9. The van der Waals surface area contributed by atoms with E-state index in [0.29, 0.717) is 6.42 Å². The van der Waals surface area contributed by atoms with Crippen LogP contribution in [0.3, 0.4) is 0 Å². The zero-order valence-corrected chi connectivity index (χ0v) is 21.1. The summed E-state index contributed by atoms with van der Waals surface area (Å²) >= 11 is 0. The number of phosphoric acid groups is 1. The number of carbonyl (C=O) groups is 1. The van der Waals surface area contributed by atoms with Gasteiger partial charge in [0, 0.05) is 6.42 Å². The summed E-state index contributed by atoms with van der Waals surface area (Å²) in [6, 6.07) is 0. The van der Waals surface area contributed by atoms with Gasteiger partial charge in [-0.3, -0.25) is 24.3 Å². The van der Waals surface area contributed by atoms with Crippen LogP contribution < -0.4 is 5.64 Å². The largest absolute Gasteiger partial charge is 0.526 e. The molecular weight excluding hydrogens is 453 g/mol. The summed E-state index contributed by atoms with van der Waals surface area (Å²) in [6.45, 7) is 2.46. The fourth-order valence-corrected chi connectivity index (χ4v) is 3.09. The van der Waals surface area contributed by atoms with Crippen LogP contribution in [0.15, 0.2) is 12.2 Å². The molecule has 0 aliphatic heterocycles. The minimum atomic E-state index is -4.67. The maximum Gasteiger partial charge on any atom is 0.526 e. The standard InChI is InChI=1S/C18H35O5P.C4H11NO4/c1-2-3-4-5-6-7-8-9-10-11-12-13-14-15-16-17-18(19)23-24(20,21)22;6-1-3-8-5-9-4-2-7/h9-10H,2-8,11-17H2,1H3,(H2,20,21,22);5-7H,1-4H2. The highest BCUT2D eigenvalue weighted by Crippen LogP contribution is 2.36. The average molecular weight is 500 g/mol. The Balaban J connectivity index is 0. The maximum atomic E-state index is 11.1. The molecule has 0 heterocycles. The van der Waals surface area contributed by atoms with Crippen LogP contribution in [0.4, 0.5) is 0 Å². The molecule has 0 spiro atoms. The van der Waals surface area contributed by atoms with Crippen molar-refractivity contribution in [3.8, 4) is 0 Å². The lowest BCUT2D eigenvalue weighted by molar-refractivity contribution is -0.178. The number of phosphoric ester groups is 1. The number of aliphatic hydroxyl groups is 2. The fraction of sp³-hybridized carbons (Fsp3) is 0.864. The molecule has 0 amide bonds. The Morgan fingerprint density at radius 2 is 1.24 bits per heavy atom. The minimum absolute atomic E-state index is 0.0600. The quantitative estimate of drug-likeness (QED) is 0.0637. The molecular formula is C22H46NO9P. The van der Waals surface area contributed by atoms with Gasteiger partial charge in [-0.15, -0.1) is 0 Å². The molecule has 0 saturated carbocycles. The molecule has 33 heavy (non-hydrogen) atoms. The maximum absolute atomic E-state index is 11.1. The van der Waals surface area contributed by atoms with Gasteiger partial charge in [-0.05, 0) is 32.1 Å². The lowest BCUT2D eigenvalue weighted by Crippen LogP contribution is -2.19. The Hall–Kier alpha value is -0.840. The Kier molecular flexibility index (Phi) is 28.5. The summed E-state index contributed by atoms with van der Waals surface area (Å²) in [5.41, 5.74) is 2.07. The minimum Gasteiger partial charge on any atom is -0.394 e. The zero-order valence-electron chi connectivity index (χ0n) is 20.2. The van der Waals surface area contributed by atoms with Crippen molar-refractivity contribution < 1.29 is 43.6 Å². The lowest BCUT2D eigenvalue weighted by atomic mass is 10.1. The first-order chi connectivity index (χ1) is 15.9. The van der Waals surface area contributed by atoms with Crippen molar-refractivity contribution in [2.75, 3.05) is 26.4 Å². The van der Waals surface area contributed by atoms with Gasteiger partial charge in [-0.25, -0.2) is 4.57 Å². The Morgan fingerprint density at radius 1 is 0.788 bits per heavy atom. The fourth-order valence-electron chi connectivity index (χ4n) is 2.73. The van der Waals surface area contributed by atoms with Gasteiger partial charge < -0.3 is 14.7 Å². The number of rotatable bonds is 22. The first kappa shape index (κ1) is 34.3. The number of carbonyl (C=O) groups excluding carboxylic acids is 1. The zero-order chi connectivity index (χ0) is 25.0. The highest BCUT2D eigenvalue weighted by Gasteiger charge is 2.19. The number of nitrogens with one attached hydrogen (secondary N) is 1. The average Bonchev–Trinajstić information content (AvgIpc) is 2.75. The number of hydrogen-bond donors (Lipinski definition) is 5. The first-order valence-corrected chi connectivity index (χ1v) is 13.5. The molecule has 0 unspecified atom stereocenters. The molecule has 0 saturated heterocycles. The number of hydrogen-bond acceptors (Lipinski definition) is 8. The van der Waals surface area contributed by atoms with Crippen LogP contribution in [0, 0.1) is 0 Å². The van der Waals surface area contributed by atoms with Crippen LogP contribution in [0.5, 0.6) is 0 Å². The summed E-state index contributed by atoms with van der Waals surface area (Å²) in [5.74, 6) is -0.819. The number of unbranched alkanes of at least 4 members (excludes halogenated alkanes) is 11. The molecule has 0 atom stereocenters. The van der Waals surface area contributed by atoms with E-state index in [1.54, 1.807) is 0 Å². The van der Waals surface area contributed by atoms with E-state index in [0.717, 1.165) is 32.1 Å². The second-order valence-corrected chi connectivity index (χ2v) is 8.68. The normalized spacial score (nSPS) is 11.4. The van der Waals surface area contributed by atoms with Crippen molar-refractivity contribution in [3.05, 3.63) is 12.2 Å². The molecule has 0 aliphatic rings. The molecule has 0 fully saturated rings. The van der Waals surface area contributed by atoms with Crippen molar-refractivity contribution in [1.29, 1.82) is 0 Å². The van der Waals surface area contributed by atoms with Gasteiger partial charge in [0.15, 0.2) is 0 Å². The Bertz CT molecular complexity index is 480. The molecule has 198 valence electrons. The third-order valence-electron chi connectivity index (χ3n) is 4.37. The van der Waals surface area contributed by atoms with Gasteiger partial charge in [-0.2, -0.15) is 0 Å². The van der Waals surface area contributed by atoms with E-state index < -0.39 is 13.8 Å². The van der Waals surface area contributed by atoms with Gasteiger partial charge in [-0.1, -0.05) is 76.1 Å². The van der Waals surface area contributed by atoms with Crippen molar-refractivity contribution >= 4 is 13.8 Å². The van der Waals surface area contributed by atoms with E-state index in [4.69, 9.17) is 20.0 Å². The van der Waals surface area contributed by atoms with Gasteiger partial charge in [0.25, 0.3) is 0 Å². The van der Waals surface area contributed by atoms with E-state index >= 15 is 0 Å². The van der Waals surface area contributed by atoms with E-state index in [9.17, 15) is 9.36 Å². The molecule has 10 nitrogen and oxygen atoms in total. The van der Waals surface area contributed by atoms with Crippen LogP contribution in [0.2, 0.25) is 0 Å². The third-order valence-corrected chi connectivity index (χ3v) is 4.81. The molecule has 0 rings (SSSR count). The van der Waals surface area contributed by atoms with Crippen molar-refractivity contribution in [3.63, 3.8) is 0 Å². The molecule has 0 aromatic heterocycles. The van der Waals surface area contributed by atoms with E-state index in [1.807, 2.05) is 0 Å². The second-order valence-electron chi connectivity index (χ2n) is 7.52. The molecule has 0 aromatic carbocycles. The monoisotopic (exact) mass is 499 g/mol. The van der Waals surface area contributed by atoms with Crippen LogP contribution in [-0.4, -0.2) is 52.4 Å². The highest BCUT2D eigenvalue weighted by atomic mass is 31.2. The van der Waals surface area contributed by atoms with E-state index in [-0.39, 0.29) is 32.8 Å². The van der Waals surface area contributed by atoms with E-state index in [2.05, 4.69) is 38.9 Å². The topological polar surface area (TPSA) is 155 Å². The number of allylic oxidation sites excluding steroid dienone is 2. The SMILES string of the molecule is CCCCCCCCC=CCCCCCCCC(=O)OP(=O)(O)O.OCCONOCCO. The predicted octanol–water partition coefficient (Wildman–Crippen LogP) is 4.08. The molecule has 0 aliphatic carbocycles. The summed E-state index contributed by atoms with van der Waals surface area (Å²) in [7, 11) is -4.67. The van der Waals surface area contributed by atoms with Gasteiger partial charge in [0.05, 0.1) is 26.4 Å². The second kappa shape index (κ2) is 27.4. The van der Waals surface area contributed by atoms with Crippen LogP contribution in [-0.2, 0) is 23.6 Å². The van der Waals surface area contributed by atoms with Crippen LogP contribution >= 0.6 is 7.82 Å². The summed E-state index contributed by atoms with van der Waals surface area (Å²) in [6.07, 6.45) is 19.8. The van der Waals surface area contributed by atoms with Gasteiger partial charge in [0.1, 0.15) is 0 Å². The van der Waals surface area contributed by atoms with Crippen LogP contribution in [0.1, 0.15) is 96.8 Å². The Labute approximate surface area is 198 Å². The predicted molar refractivity (Wildman–Crippen MR) is 127 cm³/mol. The number of aliphatic hydroxyl groups excluding tert-OH is 2. The molecule has 0 radical (unpaired) electrons. The molecule has 5 N–H and O–H groups in total. The smallest absolute Gasteiger partial charge is 0.394 e. The van der Waals surface area contributed by atoms with Gasteiger partial charge in [0.2, 0.25) is 0 Å². The van der Waals surface area contributed by atoms with E-state index in [1.165, 1.54) is 44.9 Å². The van der Waals surface area contributed by atoms with Gasteiger partial charge >= 0.3 is 13.8 Å². The summed E-state index contributed by atoms with van der Waals surface area (Å²) in [5, 5.41) is 16.3. The molecule has 0 aromatic rings.